The van der Waals surface area contributed by atoms with Gasteiger partial charge < -0.3 is 4.74 Å². The van der Waals surface area contributed by atoms with Gasteiger partial charge in [0.25, 0.3) is 20.2 Å². The highest BCUT2D eigenvalue weighted by molar-refractivity contribution is 7.86. The van der Waals surface area contributed by atoms with Gasteiger partial charge in [-0.1, -0.05) is 95.0 Å². The number of rotatable bonds is 14. The van der Waals surface area contributed by atoms with Crippen LogP contribution in [-0.4, -0.2) is 32.5 Å². The first-order valence-corrected chi connectivity index (χ1v) is 14.3. The highest BCUT2D eigenvalue weighted by Crippen LogP contribution is 2.23. The van der Waals surface area contributed by atoms with Crippen LogP contribution in [0.15, 0.2) is 64.4 Å². The van der Waals surface area contributed by atoms with Crippen molar-refractivity contribution in [3.8, 4) is 5.75 Å². The molecule has 0 unspecified atom stereocenters. The highest BCUT2D eigenvalue weighted by Gasteiger charge is 2.15. The second-order valence-electron chi connectivity index (χ2n) is 7.74. The van der Waals surface area contributed by atoms with E-state index in [1.54, 1.807) is 36.4 Å². The molecule has 0 aliphatic rings. The fourth-order valence-corrected chi connectivity index (χ4v) is 4.28. The van der Waals surface area contributed by atoms with Crippen molar-refractivity contribution in [2.45, 2.75) is 80.9 Å². The molecule has 0 saturated heterocycles. The van der Waals surface area contributed by atoms with Crippen LogP contribution in [-0.2, 0) is 20.2 Å². The van der Waals surface area contributed by atoms with Crippen LogP contribution < -0.4 is 4.74 Å². The Morgan fingerprint density at radius 3 is 1.61 bits per heavy atom. The molecule has 2 aromatic rings. The number of benzene rings is 2. The van der Waals surface area contributed by atoms with Gasteiger partial charge in [0.1, 0.15) is 10.6 Å². The Hall–Kier alpha value is -1.94. The zero-order valence-electron chi connectivity index (χ0n) is 19.2. The minimum atomic E-state index is -4.22. The van der Waals surface area contributed by atoms with Gasteiger partial charge in [0, 0.05) is 0 Å². The monoisotopic (exact) mass is 500 g/mol. The van der Waals surface area contributed by atoms with Crippen molar-refractivity contribution in [2.75, 3.05) is 6.61 Å². The van der Waals surface area contributed by atoms with Crippen LogP contribution >= 0.6 is 0 Å². The molecule has 0 fully saturated rings. The van der Waals surface area contributed by atoms with Gasteiger partial charge in [0.05, 0.1) is 11.5 Å². The summed E-state index contributed by atoms with van der Waals surface area (Å²) in [5, 5.41) is 0. The Balaban J connectivity index is 0.000000451. The first-order valence-electron chi connectivity index (χ1n) is 11.4. The van der Waals surface area contributed by atoms with E-state index in [0.29, 0.717) is 6.61 Å². The molecular formula is C24H36O7S2. The van der Waals surface area contributed by atoms with Crippen LogP contribution in [0.4, 0.5) is 0 Å². The van der Waals surface area contributed by atoms with E-state index >= 15 is 0 Å². The average molecular weight is 501 g/mol. The fraction of sp³-hybridized carbons (Fsp3) is 0.500. The molecule has 2 aromatic carbocycles. The van der Waals surface area contributed by atoms with E-state index in [9.17, 15) is 16.8 Å². The average Bonchev–Trinajstić information content (AvgIpc) is 2.77. The van der Waals surface area contributed by atoms with Crippen molar-refractivity contribution in [3.05, 3.63) is 54.6 Å². The molecule has 2 N–H and O–H groups in total. The molecule has 0 radical (unpaired) electrons. The molecule has 2 rings (SSSR count). The molecule has 0 spiro atoms. The molecule has 0 aliphatic carbocycles. The summed E-state index contributed by atoms with van der Waals surface area (Å²) in [5.41, 5.74) is 0. The van der Waals surface area contributed by atoms with Crippen molar-refractivity contribution in [3.63, 3.8) is 0 Å². The summed E-state index contributed by atoms with van der Waals surface area (Å²) in [6.07, 6.45) is 12.4. The molecule has 7 nitrogen and oxygen atoms in total. The lowest BCUT2D eigenvalue weighted by Crippen LogP contribution is -2.04. The second-order valence-corrected chi connectivity index (χ2v) is 10.6. The fourth-order valence-electron chi connectivity index (χ4n) is 3.15. The van der Waals surface area contributed by atoms with E-state index in [4.69, 9.17) is 13.8 Å². The molecule has 9 heteroatoms. The third kappa shape index (κ3) is 13.4. The van der Waals surface area contributed by atoms with Crippen LogP contribution in [0, 0.1) is 0 Å². The third-order valence-corrected chi connectivity index (χ3v) is 6.68. The quantitative estimate of drug-likeness (QED) is 0.235. The van der Waals surface area contributed by atoms with Crippen LogP contribution in [0.1, 0.15) is 71.1 Å². The summed E-state index contributed by atoms with van der Waals surface area (Å²) >= 11 is 0. The topological polar surface area (TPSA) is 118 Å². The van der Waals surface area contributed by atoms with Gasteiger partial charge >= 0.3 is 0 Å². The zero-order chi connectivity index (χ0) is 24.6. The van der Waals surface area contributed by atoms with Crippen molar-refractivity contribution < 1.29 is 30.7 Å². The molecule has 0 heterocycles. The van der Waals surface area contributed by atoms with E-state index in [1.165, 1.54) is 69.6 Å². The summed E-state index contributed by atoms with van der Waals surface area (Å²) in [5.74, 6) is 0.228. The van der Waals surface area contributed by atoms with E-state index in [1.807, 2.05) is 0 Å². The SMILES string of the molecule is CCCCCCCCCCCCOc1ccccc1S(=O)(=O)O.O=S(=O)(O)c1ccccc1. The van der Waals surface area contributed by atoms with Crippen LogP contribution in [0.2, 0.25) is 0 Å². The number of hydrogen-bond acceptors (Lipinski definition) is 5. The smallest absolute Gasteiger partial charge is 0.298 e. The van der Waals surface area contributed by atoms with Gasteiger partial charge in [0.2, 0.25) is 0 Å². The first-order chi connectivity index (χ1) is 15.7. The Labute approximate surface area is 198 Å². The van der Waals surface area contributed by atoms with Gasteiger partial charge in [-0.25, -0.2) is 0 Å². The third-order valence-electron chi connectivity index (χ3n) is 4.92. The van der Waals surface area contributed by atoms with Crippen LogP contribution in [0.25, 0.3) is 0 Å². The zero-order valence-corrected chi connectivity index (χ0v) is 20.9. The predicted octanol–water partition coefficient (Wildman–Crippen LogP) is 6.17. The van der Waals surface area contributed by atoms with Gasteiger partial charge in [-0.3, -0.25) is 9.11 Å². The molecule has 0 aromatic heterocycles. The summed E-state index contributed by atoms with van der Waals surface area (Å²) in [6.45, 7) is 2.71. The first kappa shape index (κ1) is 29.1. The van der Waals surface area contributed by atoms with E-state index in [2.05, 4.69) is 6.92 Å². The van der Waals surface area contributed by atoms with Crippen molar-refractivity contribution in [2.24, 2.45) is 0 Å². The van der Waals surface area contributed by atoms with Gasteiger partial charge in [-0.15, -0.1) is 0 Å². The maximum Gasteiger partial charge on any atom is 0.298 e. The van der Waals surface area contributed by atoms with Crippen LogP contribution in [0.5, 0.6) is 5.75 Å². The van der Waals surface area contributed by atoms with E-state index in [0.717, 1.165) is 12.8 Å². The van der Waals surface area contributed by atoms with E-state index < -0.39 is 20.2 Å². The Kier molecular flexibility index (Phi) is 13.9. The largest absolute Gasteiger partial charge is 0.492 e. The lowest BCUT2D eigenvalue weighted by molar-refractivity contribution is 0.295. The van der Waals surface area contributed by atoms with Crippen molar-refractivity contribution in [1.29, 1.82) is 0 Å². The summed E-state index contributed by atoms with van der Waals surface area (Å²) in [7, 11) is -8.23. The molecule has 186 valence electrons. The van der Waals surface area contributed by atoms with Gasteiger partial charge in [-0.2, -0.15) is 16.8 Å². The van der Waals surface area contributed by atoms with Crippen molar-refractivity contribution >= 4 is 20.2 Å². The molecular weight excluding hydrogens is 464 g/mol. The maximum atomic E-state index is 11.2. The van der Waals surface area contributed by atoms with Gasteiger partial charge in [-0.05, 0) is 30.7 Å². The molecule has 0 bridgehead atoms. The summed E-state index contributed by atoms with van der Waals surface area (Å²) in [4.78, 5) is -0.234. The molecule has 0 saturated carbocycles. The van der Waals surface area contributed by atoms with Crippen molar-refractivity contribution in [1.82, 2.24) is 0 Å². The lowest BCUT2D eigenvalue weighted by Gasteiger charge is -2.09. The van der Waals surface area contributed by atoms with E-state index in [-0.39, 0.29) is 15.5 Å². The number of para-hydroxylation sites is 1. The molecule has 33 heavy (non-hydrogen) atoms. The Morgan fingerprint density at radius 2 is 1.12 bits per heavy atom. The van der Waals surface area contributed by atoms with Crippen LogP contribution in [0.3, 0.4) is 0 Å². The lowest BCUT2D eigenvalue weighted by atomic mass is 10.1. The minimum absolute atomic E-state index is 0.0741. The summed E-state index contributed by atoms with van der Waals surface area (Å²) < 4.78 is 66.3. The van der Waals surface area contributed by atoms with Gasteiger partial charge in [0.15, 0.2) is 0 Å². The molecule has 0 atom stereocenters. The normalized spacial score (nSPS) is 11.5. The molecule has 0 aliphatic heterocycles. The Bertz CT molecular complexity index is 988. The maximum absolute atomic E-state index is 11.2. The standard InChI is InChI=1S/C18H30O4S.C6H6O3S/c1-2-3-4-5-6-7-8-9-10-13-16-22-17-14-11-12-15-18(17)23(19,20)21;7-10(8,9)6-4-2-1-3-5-6/h11-12,14-15H,2-10,13,16H2,1H3,(H,19,20,21);1-5H,(H,7,8,9). The highest BCUT2D eigenvalue weighted by atomic mass is 32.2. The Morgan fingerprint density at radius 1 is 0.636 bits per heavy atom. The number of ether oxygens (including phenoxy) is 1. The predicted molar refractivity (Wildman–Crippen MR) is 130 cm³/mol. The minimum Gasteiger partial charge on any atom is -0.492 e. The second kappa shape index (κ2) is 15.8. The number of unbranched alkanes of at least 4 members (excludes halogenated alkanes) is 9. The summed E-state index contributed by atoms with van der Waals surface area (Å²) in [6, 6.07) is 13.6. The molecule has 0 amide bonds. The number of hydrogen-bond donors (Lipinski definition) is 2.